The predicted octanol–water partition coefficient (Wildman–Crippen LogP) is 3.04. The van der Waals surface area contributed by atoms with E-state index in [4.69, 9.17) is 5.73 Å². The summed E-state index contributed by atoms with van der Waals surface area (Å²) < 4.78 is 2.69. The molecule has 0 saturated heterocycles. The summed E-state index contributed by atoms with van der Waals surface area (Å²) in [5.74, 6) is 0.712. The minimum absolute atomic E-state index is 0.620. The van der Waals surface area contributed by atoms with Gasteiger partial charge in [0.25, 0.3) is 0 Å². The van der Waals surface area contributed by atoms with Gasteiger partial charge in [0.15, 0.2) is 5.82 Å². The fourth-order valence-corrected chi connectivity index (χ4v) is 2.67. The van der Waals surface area contributed by atoms with E-state index in [1.54, 1.807) is 4.68 Å². The fourth-order valence-electron chi connectivity index (χ4n) is 2.19. The molecule has 21 heavy (non-hydrogen) atoms. The number of halogens is 1. The summed E-state index contributed by atoms with van der Waals surface area (Å²) in [6.45, 7) is 2.59. The van der Waals surface area contributed by atoms with Gasteiger partial charge in [-0.25, -0.2) is 4.68 Å². The molecule has 0 aliphatic heterocycles. The summed E-state index contributed by atoms with van der Waals surface area (Å²) >= 11 is 3.47. The van der Waals surface area contributed by atoms with Gasteiger partial charge in [0.2, 0.25) is 0 Å². The van der Waals surface area contributed by atoms with Gasteiger partial charge in [0, 0.05) is 15.7 Å². The third-order valence-electron chi connectivity index (χ3n) is 3.36. The van der Waals surface area contributed by atoms with Crippen LogP contribution >= 0.6 is 15.9 Å². The lowest BCUT2D eigenvalue weighted by molar-refractivity contribution is 0.653. The van der Waals surface area contributed by atoms with Crippen molar-refractivity contribution in [1.29, 1.82) is 0 Å². The van der Waals surface area contributed by atoms with Gasteiger partial charge in [-0.3, -0.25) is 0 Å². The van der Waals surface area contributed by atoms with Crippen LogP contribution in [0, 0.1) is 6.92 Å². The topological polar surface area (TPSA) is 69.6 Å². The lowest BCUT2D eigenvalue weighted by atomic mass is 10.1. The molecule has 0 saturated carbocycles. The molecule has 0 unspecified atom stereocenters. The molecule has 6 heteroatoms. The second-order valence-electron chi connectivity index (χ2n) is 4.81. The SMILES string of the molecule is Cc1c(N)cc(Br)cc1-c1nnnn1Cc1ccccc1. The van der Waals surface area contributed by atoms with Crippen LogP contribution in [0.2, 0.25) is 0 Å². The van der Waals surface area contributed by atoms with Gasteiger partial charge in [-0.1, -0.05) is 46.3 Å². The quantitative estimate of drug-likeness (QED) is 0.742. The number of anilines is 1. The zero-order chi connectivity index (χ0) is 14.8. The third kappa shape index (κ3) is 2.80. The standard InChI is InChI=1S/C15H14BrN5/c1-10-13(7-12(16)8-14(10)17)15-18-19-20-21(15)9-11-5-3-2-4-6-11/h2-8H,9,17H2,1H3. The summed E-state index contributed by atoms with van der Waals surface area (Å²) in [4.78, 5) is 0. The van der Waals surface area contributed by atoms with E-state index >= 15 is 0 Å². The monoisotopic (exact) mass is 343 g/mol. The number of rotatable bonds is 3. The Labute approximate surface area is 130 Å². The van der Waals surface area contributed by atoms with Crippen molar-refractivity contribution < 1.29 is 0 Å². The van der Waals surface area contributed by atoms with E-state index in [-0.39, 0.29) is 0 Å². The molecule has 0 spiro atoms. The third-order valence-corrected chi connectivity index (χ3v) is 3.82. The molecule has 5 nitrogen and oxygen atoms in total. The zero-order valence-electron chi connectivity index (χ0n) is 11.5. The molecule has 0 radical (unpaired) electrons. The van der Waals surface area contributed by atoms with Gasteiger partial charge in [0.05, 0.1) is 6.54 Å². The van der Waals surface area contributed by atoms with Gasteiger partial charge >= 0.3 is 0 Å². The Balaban J connectivity index is 2.04. The number of tetrazole rings is 1. The minimum atomic E-state index is 0.620. The molecule has 3 aromatic rings. The molecule has 3 rings (SSSR count). The Kier molecular flexibility index (Phi) is 3.70. The molecule has 2 N–H and O–H groups in total. The van der Waals surface area contributed by atoms with Gasteiger partial charge in [-0.2, -0.15) is 0 Å². The van der Waals surface area contributed by atoms with Crippen LogP contribution in [0.25, 0.3) is 11.4 Å². The number of hydrogen-bond donors (Lipinski definition) is 1. The van der Waals surface area contributed by atoms with Gasteiger partial charge < -0.3 is 5.73 Å². The molecule has 1 aromatic heterocycles. The van der Waals surface area contributed by atoms with Crippen molar-refractivity contribution in [3.05, 3.63) is 58.1 Å². The van der Waals surface area contributed by atoms with Crippen molar-refractivity contribution in [1.82, 2.24) is 20.2 Å². The molecule has 0 fully saturated rings. The molecule has 0 aliphatic carbocycles. The minimum Gasteiger partial charge on any atom is -0.398 e. The van der Waals surface area contributed by atoms with Gasteiger partial charge in [-0.15, -0.1) is 5.10 Å². The number of benzene rings is 2. The largest absolute Gasteiger partial charge is 0.398 e. The first-order valence-electron chi connectivity index (χ1n) is 6.51. The highest BCUT2D eigenvalue weighted by Gasteiger charge is 2.14. The van der Waals surface area contributed by atoms with E-state index in [1.807, 2.05) is 49.4 Å². The van der Waals surface area contributed by atoms with Crippen LogP contribution in [0.3, 0.4) is 0 Å². The highest BCUT2D eigenvalue weighted by Crippen LogP contribution is 2.29. The Morgan fingerprint density at radius 2 is 1.95 bits per heavy atom. The molecule has 0 bridgehead atoms. The van der Waals surface area contributed by atoms with Crippen molar-refractivity contribution in [2.45, 2.75) is 13.5 Å². The van der Waals surface area contributed by atoms with E-state index in [9.17, 15) is 0 Å². The summed E-state index contributed by atoms with van der Waals surface area (Å²) in [5.41, 5.74) is 9.79. The normalized spacial score (nSPS) is 10.8. The van der Waals surface area contributed by atoms with Crippen molar-refractivity contribution in [2.24, 2.45) is 0 Å². The van der Waals surface area contributed by atoms with Crippen LogP contribution in [0.4, 0.5) is 5.69 Å². The number of nitrogen functional groups attached to an aromatic ring is 1. The smallest absolute Gasteiger partial charge is 0.182 e. The van der Waals surface area contributed by atoms with Crippen LogP contribution in [0.5, 0.6) is 0 Å². The Bertz CT molecular complexity index is 767. The van der Waals surface area contributed by atoms with E-state index in [0.717, 1.165) is 21.2 Å². The molecular weight excluding hydrogens is 330 g/mol. The number of aromatic nitrogens is 4. The maximum Gasteiger partial charge on any atom is 0.182 e. The first-order valence-corrected chi connectivity index (χ1v) is 7.30. The second-order valence-corrected chi connectivity index (χ2v) is 5.73. The van der Waals surface area contributed by atoms with Crippen LogP contribution in [-0.2, 0) is 6.54 Å². The Hall–Kier alpha value is -2.21. The first kappa shape index (κ1) is 13.8. The first-order chi connectivity index (χ1) is 10.1. The maximum atomic E-state index is 6.02. The fraction of sp³-hybridized carbons (Fsp3) is 0.133. The maximum absolute atomic E-state index is 6.02. The number of hydrogen-bond acceptors (Lipinski definition) is 4. The average Bonchev–Trinajstić information content (AvgIpc) is 2.92. The summed E-state index contributed by atoms with van der Waals surface area (Å²) in [7, 11) is 0. The Morgan fingerprint density at radius 3 is 2.71 bits per heavy atom. The lowest BCUT2D eigenvalue weighted by Gasteiger charge is -2.10. The van der Waals surface area contributed by atoms with Crippen LogP contribution < -0.4 is 5.73 Å². The highest BCUT2D eigenvalue weighted by atomic mass is 79.9. The molecule has 106 valence electrons. The molecular formula is C15H14BrN5. The number of nitrogens with two attached hydrogens (primary N) is 1. The van der Waals surface area contributed by atoms with Gasteiger partial charge in [-0.05, 0) is 40.6 Å². The molecule has 0 atom stereocenters. The lowest BCUT2D eigenvalue weighted by Crippen LogP contribution is -2.05. The summed E-state index contributed by atoms with van der Waals surface area (Å²) in [6, 6.07) is 14.0. The number of nitrogens with zero attached hydrogens (tertiary/aromatic N) is 4. The molecule has 1 heterocycles. The van der Waals surface area contributed by atoms with Crippen molar-refractivity contribution >= 4 is 21.6 Å². The highest BCUT2D eigenvalue weighted by molar-refractivity contribution is 9.10. The van der Waals surface area contributed by atoms with E-state index in [1.165, 1.54) is 0 Å². The van der Waals surface area contributed by atoms with Crippen LogP contribution in [0.15, 0.2) is 46.9 Å². The predicted molar refractivity (Wildman–Crippen MR) is 85.6 cm³/mol. The van der Waals surface area contributed by atoms with Crippen molar-refractivity contribution in [2.75, 3.05) is 5.73 Å². The van der Waals surface area contributed by atoms with E-state index in [0.29, 0.717) is 18.1 Å². The molecule has 2 aromatic carbocycles. The van der Waals surface area contributed by atoms with Crippen LogP contribution in [-0.4, -0.2) is 20.2 Å². The average molecular weight is 344 g/mol. The van der Waals surface area contributed by atoms with E-state index < -0.39 is 0 Å². The Morgan fingerprint density at radius 1 is 1.19 bits per heavy atom. The zero-order valence-corrected chi connectivity index (χ0v) is 13.1. The summed E-state index contributed by atoms with van der Waals surface area (Å²) in [6.07, 6.45) is 0. The molecule has 0 amide bonds. The van der Waals surface area contributed by atoms with Crippen molar-refractivity contribution in [3.63, 3.8) is 0 Å². The van der Waals surface area contributed by atoms with Gasteiger partial charge in [0.1, 0.15) is 0 Å². The van der Waals surface area contributed by atoms with Crippen molar-refractivity contribution in [3.8, 4) is 11.4 Å². The van der Waals surface area contributed by atoms with E-state index in [2.05, 4.69) is 31.5 Å². The van der Waals surface area contributed by atoms with Crippen LogP contribution in [0.1, 0.15) is 11.1 Å². The second kappa shape index (κ2) is 5.65. The molecule has 0 aliphatic rings. The summed E-state index contributed by atoms with van der Waals surface area (Å²) in [5, 5.41) is 12.0.